The maximum absolute atomic E-state index is 13.4. The number of halogens is 13. The zero-order chi connectivity index (χ0) is 21.6. The largest absolute Gasteiger partial charge is 0.460 e. The van der Waals surface area contributed by atoms with E-state index in [4.69, 9.17) is 0 Å². The predicted molar refractivity (Wildman–Crippen MR) is 71.9 cm³/mol. The van der Waals surface area contributed by atoms with E-state index in [0.717, 1.165) is 17.9 Å². The van der Waals surface area contributed by atoms with Gasteiger partial charge in [-0.05, 0) is 11.6 Å². The molecule has 0 radical (unpaired) electrons. The van der Waals surface area contributed by atoms with Crippen LogP contribution in [0.15, 0.2) is 41.5 Å². The highest BCUT2D eigenvalue weighted by atomic mass is 32.5. The van der Waals surface area contributed by atoms with Crippen LogP contribution in [-0.2, 0) is 0 Å². The molecule has 0 fully saturated rings. The van der Waals surface area contributed by atoms with Crippen molar-refractivity contribution in [1.82, 2.24) is 0 Å². The lowest BCUT2D eigenvalue weighted by Gasteiger charge is -2.53. The maximum atomic E-state index is 13.4. The van der Waals surface area contributed by atoms with Gasteiger partial charge >= 0.3 is 23.3 Å². The summed E-state index contributed by atoms with van der Waals surface area (Å²) in [4.78, 5) is 0. The smallest absolute Gasteiger partial charge is 0.191 e. The summed E-state index contributed by atoms with van der Waals surface area (Å²) in [6.07, 6.45) is -7.34. The molecular formula is C13H7F13S. The zero-order valence-corrected chi connectivity index (χ0v) is 13.2. The van der Waals surface area contributed by atoms with Gasteiger partial charge in [-0.1, -0.05) is 30.3 Å². The SMILES string of the molecule is FC(F)(F)C(F)(F)C(F)(F)C(F)(F)S(F)(F)(F)(F)C=C=Cc1ccccc1. The second-order valence-corrected chi connectivity index (χ2v) is 8.15. The lowest BCUT2D eigenvalue weighted by atomic mass is 10.1. The predicted octanol–water partition coefficient (Wildman–Crippen LogP) is 7.65. The average molecular weight is 442 g/mol. The summed E-state index contributed by atoms with van der Waals surface area (Å²) in [5, 5.41) is -10.6. The Morgan fingerprint density at radius 3 is 1.56 bits per heavy atom. The van der Waals surface area contributed by atoms with Crippen molar-refractivity contribution in [2.24, 2.45) is 0 Å². The van der Waals surface area contributed by atoms with Gasteiger partial charge in [0.05, 0.1) is 5.41 Å². The number of rotatable bonds is 5. The summed E-state index contributed by atoms with van der Waals surface area (Å²) in [7, 11) is -11.7. The van der Waals surface area contributed by atoms with E-state index < -0.39 is 38.5 Å². The van der Waals surface area contributed by atoms with Gasteiger partial charge in [0.1, 0.15) is 0 Å². The van der Waals surface area contributed by atoms with Gasteiger partial charge in [-0.3, -0.25) is 0 Å². The molecule has 14 heteroatoms. The fourth-order valence-corrected chi connectivity index (χ4v) is 2.67. The van der Waals surface area contributed by atoms with Crippen LogP contribution in [0, 0.1) is 0 Å². The van der Waals surface area contributed by atoms with Gasteiger partial charge in [-0.25, -0.2) is 0 Å². The first kappa shape index (κ1) is 23.2. The van der Waals surface area contributed by atoms with E-state index in [2.05, 4.69) is 0 Å². The molecule has 0 amide bonds. The van der Waals surface area contributed by atoms with Crippen molar-refractivity contribution in [3.8, 4) is 0 Å². The minimum absolute atomic E-state index is 0.175. The van der Waals surface area contributed by atoms with Gasteiger partial charge < -0.3 is 0 Å². The van der Waals surface area contributed by atoms with Crippen LogP contribution in [0.3, 0.4) is 0 Å². The molecule has 0 aliphatic heterocycles. The number of hydrogen-bond acceptors (Lipinski definition) is 0. The Morgan fingerprint density at radius 1 is 0.704 bits per heavy atom. The van der Waals surface area contributed by atoms with Crippen molar-refractivity contribution in [2.75, 3.05) is 0 Å². The van der Waals surface area contributed by atoms with Crippen molar-refractivity contribution in [2.45, 2.75) is 23.3 Å². The average Bonchev–Trinajstić information content (AvgIpc) is 2.45. The summed E-state index contributed by atoms with van der Waals surface area (Å²) < 4.78 is 167. The topological polar surface area (TPSA) is 0 Å². The molecule has 156 valence electrons. The van der Waals surface area contributed by atoms with Gasteiger partial charge in [-0.15, -0.1) is 21.3 Å². The minimum atomic E-state index is -11.7. The third-order valence-electron chi connectivity index (χ3n) is 3.01. The monoisotopic (exact) mass is 442 g/mol. The molecule has 1 aromatic rings. The quantitative estimate of drug-likeness (QED) is 0.325. The van der Waals surface area contributed by atoms with E-state index in [9.17, 15) is 55.1 Å². The summed E-state index contributed by atoms with van der Waals surface area (Å²) in [6.45, 7) is 0. The Morgan fingerprint density at radius 2 is 1.15 bits per heavy atom. The standard InChI is InChI=1S/C13H7F13S/c14-10(15,12(18,19)20)11(16,17)13(21,22)27(23,24,25,26)8-4-7-9-5-2-1-3-6-9/h1-3,5-8H. The van der Waals surface area contributed by atoms with E-state index in [1.807, 2.05) is 0 Å². The molecular weight excluding hydrogens is 435 g/mol. The molecule has 0 bridgehead atoms. The van der Waals surface area contributed by atoms with Crippen LogP contribution in [0.5, 0.6) is 0 Å². The Hall–Kier alpha value is -1.82. The molecule has 0 nitrogen and oxygen atoms in total. The van der Waals surface area contributed by atoms with E-state index in [1.54, 1.807) is 0 Å². The Kier molecular flexibility index (Phi) is 4.81. The van der Waals surface area contributed by atoms with Gasteiger partial charge in [0.15, 0.2) is 0 Å². The minimum Gasteiger partial charge on any atom is -0.191 e. The normalized spacial score (nSPS) is 16.8. The summed E-state index contributed by atoms with van der Waals surface area (Å²) in [6, 6.07) is 5.86. The van der Waals surface area contributed by atoms with Crippen molar-refractivity contribution in [1.29, 1.82) is 0 Å². The second-order valence-electron chi connectivity index (χ2n) is 5.14. The molecule has 0 heterocycles. The molecule has 0 N–H and O–H groups in total. The number of hydrogen-bond donors (Lipinski definition) is 0. The van der Waals surface area contributed by atoms with Crippen molar-refractivity contribution < 1.29 is 55.1 Å². The van der Waals surface area contributed by atoms with Crippen LogP contribution in [0.4, 0.5) is 55.1 Å². The lowest BCUT2D eigenvalue weighted by Crippen LogP contribution is -2.64. The first-order chi connectivity index (χ1) is 11.6. The summed E-state index contributed by atoms with van der Waals surface area (Å²) in [5.41, 5.74) is 0.530. The molecule has 0 atom stereocenters. The van der Waals surface area contributed by atoms with Gasteiger partial charge in [0.25, 0.3) is 0 Å². The fourth-order valence-electron chi connectivity index (χ4n) is 1.52. The lowest BCUT2D eigenvalue weighted by molar-refractivity contribution is -0.384. The number of alkyl halides is 9. The van der Waals surface area contributed by atoms with Crippen molar-refractivity contribution >= 4 is 15.9 Å². The molecule has 0 unspecified atom stereocenters. The van der Waals surface area contributed by atoms with Crippen LogP contribution in [0.1, 0.15) is 5.56 Å². The van der Waals surface area contributed by atoms with E-state index in [-0.39, 0.29) is 11.6 Å². The molecule has 0 saturated heterocycles. The molecule has 0 aliphatic rings. The highest BCUT2D eigenvalue weighted by Gasteiger charge is 2.96. The zero-order valence-electron chi connectivity index (χ0n) is 12.4. The van der Waals surface area contributed by atoms with Gasteiger partial charge in [0, 0.05) is 0 Å². The van der Waals surface area contributed by atoms with E-state index >= 15 is 0 Å². The summed E-state index contributed by atoms with van der Waals surface area (Å²) in [5.74, 6) is -16.1. The van der Waals surface area contributed by atoms with Crippen LogP contribution < -0.4 is 0 Å². The third-order valence-corrected chi connectivity index (χ3v) is 4.94. The van der Waals surface area contributed by atoms with Gasteiger partial charge in [-0.2, -0.15) is 39.5 Å². The summed E-state index contributed by atoms with van der Waals surface area (Å²) >= 11 is 0. The van der Waals surface area contributed by atoms with Crippen molar-refractivity contribution in [3.05, 3.63) is 47.0 Å². The van der Waals surface area contributed by atoms with E-state index in [1.165, 1.54) is 18.2 Å². The molecule has 0 aliphatic carbocycles. The first-order valence-electron chi connectivity index (χ1n) is 6.28. The fraction of sp³-hybridized carbons (Fsp3) is 0.308. The maximum Gasteiger partial charge on any atom is 0.460 e. The van der Waals surface area contributed by atoms with Crippen LogP contribution in [-0.4, -0.2) is 23.3 Å². The molecule has 27 heavy (non-hydrogen) atoms. The molecule has 0 spiro atoms. The second kappa shape index (κ2) is 5.60. The van der Waals surface area contributed by atoms with Crippen LogP contribution >= 0.6 is 9.84 Å². The first-order valence-corrected chi connectivity index (χ1v) is 8.40. The third kappa shape index (κ3) is 3.64. The number of benzene rings is 1. The highest BCUT2D eigenvalue weighted by molar-refractivity contribution is 8.52. The highest BCUT2D eigenvalue weighted by Crippen LogP contribution is 3.05. The molecule has 1 aromatic carbocycles. The molecule has 0 aromatic heterocycles. The molecule has 1 rings (SSSR count). The Balaban J connectivity index is 3.62. The van der Waals surface area contributed by atoms with E-state index in [0.29, 0.717) is 0 Å². The van der Waals surface area contributed by atoms with Crippen LogP contribution in [0.25, 0.3) is 6.08 Å². The van der Waals surface area contributed by atoms with Crippen molar-refractivity contribution in [3.63, 3.8) is 0 Å². The van der Waals surface area contributed by atoms with Gasteiger partial charge in [0.2, 0.25) is 9.84 Å². The van der Waals surface area contributed by atoms with Crippen LogP contribution in [0.2, 0.25) is 0 Å². The Bertz CT molecular complexity index is 763. The Labute approximate surface area is 142 Å². The molecule has 0 saturated carbocycles.